The Labute approximate surface area is 75.2 Å². The highest BCUT2D eigenvalue weighted by Gasteiger charge is 2.15. The van der Waals surface area contributed by atoms with E-state index >= 15 is 0 Å². The summed E-state index contributed by atoms with van der Waals surface area (Å²) in [6.07, 6.45) is -0.206. The third-order valence-electron chi connectivity index (χ3n) is 1.28. The molecule has 6 heteroatoms. The summed E-state index contributed by atoms with van der Waals surface area (Å²) in [6, 6.07) is 0. The molecule has 0 radical (unpaired) electrons. The topological polar surface area (TPSA) is 107 Å². The van der Waals surface area contributed by atoms with Crippen molar-refractivity contribution in [1.29, 1.82) is 0 Å². The van der Waals surface area contributed by atoms with Crippen LogP contribution in [0.3, 0.4) is 0 Å². The van der Waals surface area contributed by atoms with Crippen LogP contribution >= 0.6 is 0 Å². The fourth-order valence-electron chi connectivity index (χ4n) is 0.565. The van der Waals surface area contributed by atoms with Crippen molar-refractivity contribution in [2.24, 2.45) is 0 Å². The van der Waals surface area contributed by atoms with Gasteiger partial charge in [-0.3, -0.25) is 14.9 Å². The third kappa shape index (κ3) is 6.21. The van der Waals surface area contributed by atoms with E-state index in [0.29, 0.717) is 12.8 Å². The number of hydrogen-bond acceptors (Lipinski definition) is 5. The summed E-state index contributed by atoms with van der Waals surface area (Å²) in [5, 5.41) is 26.2. The maximum Gasteiger partial charge on any atom is 0.227 e. The average Bonchev–Trinajstić information content (AvgIpc) is 2.49. The average molecular weight is 191 g/mol. The van der Waals surface area contributed by atoms with Crippen molar-refractivity contribution >= 4 is 11.8 Å². The van der Waals surface area contributed by atoms with E-state index in [4.69, 9.17) is 15.3 Å². The Kier molecular flexibility index (Phi) is 6.03. The maximum atomic E-state index is 10.1. The van der Waals surface area contributed by atoms with Gasteiger partial charge in [0.15, 0.2) is 0 Å². The van der Waals surface area contributed by atoms with Crippen molar-refractivity contribution in [2.45, 2.75) is 18.9 Å². The summed E-state index contributed by atoms with van der Waals surface area (Å²) in [7, 11) is 0. The molecule has 0 aliphatic carbocycles. The summed E-state index contributed by atoms with van der Waals surface area (Å²) in [5.41, 5.74) is 0. The lowest BCUT2D eigenvalue weighted by molar-refractivity contribution is -0.124. The van der Waals surface area contributed by atoms with Gasteiger partial charge in [0.05, 0.1) is 13.2 Å². The molecule has 2 amide bonds. The monoisotopic (exact) mass is 191 g/mol. The Balaban J connectivity index is 0.000000226. The molecule has 0 atom stereocenters. The summed E-state index contributed by atoms with van der Waals surface area (Å²) < 4.78 is 0. The quantitative estimate of drug-likeness (QED) is 0.369. The van der Waals surface area contributed by atoms with Crippen LogP contribution in [0, 0.1) is 0 Å². The fourth-order valence-corrected chi connectivity index (χ4v) is 0.565. The van der Waals surface area contributed by atoms with E-state index in [1.807, 2.05) is 0 Å². The lowest BCUT2D eigenvalue weighted by Gasteiger charge is -1.96. The minimum atomic E-state index is -0.954. The molecule has 1 aliphatic rings. The number of rotatable bonds is 2. The van der Waals surface area contributed by atoms with Crippen LogP contribution in [-0.4, -0.2) is 46.5 Å². The van der Waals surface area contributed by atoms with E-state index in [1.165, 1.54) is 0 Å². The van der Waals surface area contributed by atoms with Crippen LogP contribution in [0.4, 0.5) is 0 Å². The van der Waals surface area contributed by atoms with Crippen LogP contribution in [0.1, 0.15) is 12.8 Å². The maximum absolute atomic E-state index is 10.1. The predicted octanol–water partition coefficient (Wildman–Crippen LogP) is -2.25. The highest BCUT2D eigenvalue weighted by Crippen LogP contribution is 1.95. The first kappa shape index (κ1) is 12.0. The van der Waals surface area contributed by atoms with Crippen LogP contribution in [0.25, 0.3) is 0 Å². The summed E-state index contributed by atoms with van der Waals surface area (Å²) in [6.45, 7) is -0.729. The highest BCUT2D eigenvalue weighted by molar-refractivity contribution is 6.01. The normalized spacial score (nSPS) is 15.4. The first-order valence-corrected chi connectivity index (χ1v) is 3.82. The van der Waals surface area contributed by atoms with Crippen molar-refractivity contribution in [3.63, 3.8) is 0 Å². The predicted molar refractivity (Wildman–Crippen MR) is 42.6 cm³/mol. The molecule has 0 aromatic heterocycles. The molecule has 0 bridgehead atoms. The second kappa shape index (κ2) is 6.53. The van der Waals surface area contributed by atoms with Gasteiger partial charge < -0.3 is 15.3 Å². The Morgan fingerprint density at radius 1 is 1.15 bits per heavy atom. The molecule has 76 valence electrons. The molecule has 0 saturated carbocycles. The van der Waals surface area contributed by atoms with Crippen molar-refractivity contribution in [1.82, 2.24) is 5.32 Å². The molecule has 1 aliphatic heterocycles. The zero-order valence-electron chi connectivity index (χ0n) is 7.06. The van der Waals surface area contributed by atoms with E-state index in [9.17, 15) is 9.59 Å². The highest BCUT2D eigenvalue weighted by atomic mass is 16.3. The van der Waals surface area contributed by atoms with Gasteiger partial charge in [0.1, 0.15) is 6.10 Å². The standard InChI is InChI=1S/C4H5NO2.C3H8O3/c6-3-1-2-4(7)5-3;4-1-3(6)2-5/h1-2H2,(H,5,6,7);3-6H,1-2H2. The van der Waals surface area contributed by atoms with Gasteiger partial charge in [0, 0.05) is 12.8 Å². The molecule has 0 aromatic carbocycles. The molecule has 0 unspecified atom stereocenters. The number of amides is 2. The lowest BCUT2D eigenvalue weighted by atomic mass is 10.4. The first-order valence-electron chi connectivity index (χ1n) is 3.82. The Bertz CT molecular complexity index is 164. The second-order valence-electron chi connectivity index (χ2n) is 2.49. The van der Waals surface area contributed by atoms with Gasteiger partial charge >= 0.3 is 0 Å². The largest absolute Gasteiger partial charge is 0.394 e. The van der Waals surface area contributed by atoms with Gasteiger partial charge in [-0.15, -0.1) is 0 Å². The van der Waals surface area contributed by atoms with Crippen LogP contribution in [-0.2, 0) is 9.59 Å². The smallest absolute Gasteiger partial charge is 0.227 e. The number of aliphatic hydroxyl groups is 3. The first-order chi connectivity index (χ1) is 6.10. The van der Waals surface area contributed by atoms with Crippen LogP contribution < -0.4 is 5.32 Å². The van der Waals surface area contributed by atoms with Crippen LogP contribution in [0.2, 0.25) is 0 Å². The molecule has 13 heavy (non-hydrogen) atoms. The van der Waals surface area contributed by atoms with E-state index < -0.39 is 6.10 Å². The zero-order chi connectivity index (χ0) is 10.3. The van der Waals surface area contributed by atoms with Gasteiger partial charge in [0.2, 0.25) is 11.8 Å². The molecule has 1 rings (SSSR count). The Morgan fingerprint density at radius 2 is 1.54 bits per heavy atom. The van der Waals surface area contributed by atoms with Crippen molar-refractivity contribution in [3.05, 3.63) is 0 Å². The molecule has 1 saturated heterocycles. The Morgan fingerprint density at radius 3 is 1.62 bits per heavy atom. The molecule has 1 heterocycles. The summed E-state index contributed by atoms with van der Waals surface area (Å²) >= 11 is 0. The van der Waals surface area contributed by atoms with Gasteiger partial charge in [-0.25, -0.2) is 0 Å². The number of carbonyl (C=O) groups excluding carboxylic acids is 2. The number of aliphatic hydroxyl groups excluding tert-OH is 3. The molecule has 0 aromatic rings. The third-order valence-corrected chi connectivity index (χ3v) is 1.28. The summed E-state index contributed by atoms with van der Waals surface area (Å²) in [5.74, 6) is -0.296. The van der Waals surface area contributed by atoms with Crippen molar-refractivity contribution in [3.8, 4) is 0 Å². The molecule has 4 N–H and O–H groups in total. The van der Waals surface area contributed by atoms with Gasteiger partial charge in [-0.05, 0) is 0 Å². The van der Waals surface area contributed by atoms with E-state index in [1.54, 1.807) is 0 Å². The van der Waals surface area contributed by atoms with Crippen molar-refractivity contribution in [2.75, 3.05) is 13.2 Å². The molecule has 6 nitrogen and oxygen atoms in total. The number of hydrogen-bond donors (Lipinski definition) is 4. The van der Waals surface area contributed by atoms with Gasteiger partial charge in [-0.1, -0.05) is 0 Å². The lowest BCUT2D eigenvalue weighted by Crippen LogP contribution is -2.18. The Hall–Kier alpha value is -0.980. The van der Waals surface area contributed by atoms with Gasteiger partial charge in [0.25, 0.3) is 0 Å². The minimum Gasteiger partial charge on any atom is -0.394 e. The van der Waals surface area contributed by atoms with Crippen LogP contribution in [0.15, 0.2) is 0 Å². The van der Waals surface area contributed by atoms with Crippen LogP contribution in [0.5, 0.6) is 0 Å². The molecule has 0 spiro atoms. The number of carbonyl (C=O) groups is 2. The van der Waals surface area contributed by atoms with Crippen molar-refractivity contribution < 1.29 is 24.9 Å². The van der Waals surface area contributed by atoms with E-state index in [2.05, 4.69) is 5.32 Å². The van der Waals surface area contributed by atoms with Gasteiger partial charge in [-0.2, -0.15) is 0 Å². The number of nitrogens with one attached hydrogen (secondary N) is 1. The zero-order valence-corrected chi connectivity index (χ0v) is 7.06. The van der Waals surface area contributed by atoms with E-state index in [0.717, 1.165) is 0 Å². The molecular formula is C7H13NO5. The summed E-state index contributed by atoms with van der Waals surface area (Å²) in [4.78, 5) is 20.2. The number of imide groups is 1. The fraction of sp³-hybridized carbons (Fsp3) is 0.714. The molecule has 1 fully saturated rings. The second-order valence-corrected chi connectivity index (χ2v) is 2.49. The van der Waals surface area contributed by atoms with E-state index in [-0.39, 0.29) is 25.0 Å². The SMILES string of the molecule is O=C1CCC(=O)N1.OCC(O)CO. The minimum absolute atomic E-state index is 0.148. The molecular weight excluding hydrogens is 178 g/mol.